The molecule has 0 saturated heterocycles. The van der Waals surface area contributed by atoms with Crippen molar-refractivity contribution in [2.24, 2.45) is 0 Å². The zero-order chi connectivity index (χ0) is 11.9. The maximum Gasteiger partial charge on any atom is 0.0403 e. The fraction of sp³-hybridized carbons (Fsp3) is 0.714. The molecule has 1 nitrogen and oxygen atoms in total. The molecular formula is C14H27N. The van der Waals surface area contributed by atoms with Crippen LogP contribution in [0.4, 0.5) is 0 Å². The normalized spacial score (nSPS) is 26.5. The molecule has 0 aromatic rings. The van der Waals surface area contributed by atoms with E-state index in [1.54, 1.807) is 5.57 Å². The first kappa shape index (κ1) is 14.4. The highest BCUT2D eigenvalue weighted by Gasteiger charge is 2.29. The molecule has 1 rings (SSSR count). The molecule has 1 N–H and O–H groups in total. The highest BCUT2D eigenvalue weighted by molar-refractivity contribution is 5.36. The summed E-state index contributed by atoms with van der Waals surface area (Å²) in [7, 11) is 2.06. The Bertz CT molecular complexity index is 238. The third-order valence-electron chi connectivity index (χ3n) is 3.17. The van der Waals surface area contributed by atoms with Crippen LogP contribution in [0.5, 0.6) is 0 Å². The molecule has 0 spiro atoms. The predicted octanol–water partition coefficient (Wildman–Crippen LogP) is 4.07. The van der Waals surface area contributed by atoms with Gasteiger partial charge in [-0.05, 0) is 52.7 Å². The van der Waals surface area contributed by atoms with Gasteiger partial charge in [0.1, 0.15) is 0 Å². The van der Waals surface area contributed by atoms with Crippen LogP contribution in [-0.2, 0) is 0 Å². The largest absolute Gasteiger partial charge is 0.311 e. The SMILES string of the molecule is C/C=C\C1=C(C)CCCC1(C)NC.CC. The van der Waals surface area contributed by atoms with Crippen LogP contribution in [0, 0.1) is 0 Å². The van der Waals surface area contributed by atoms with Gasteiger partial charge in [-0.15, -0.1) is 0 Å². The molecule has 0 bridgehead atoms. The summed E-state index contributed by atoms with van der Waals surface area (Å²) >= 11 is 0. The lowest BCUT2D eigenvalue weighted by molar-refractivity contribution is 0.390. The monoisotopic (exact) mass is 209 g/mol. The van der Waals surface area contributed by atoms with Crippen LogP contribution < -0.4 is 5.32 Å². The molecule has 1 aliphatic rings. The molecule has 0 amide bonds. The maximum atomic E-state index is 3.44. The lowest BCUT2D eigenvalue weighted by Gasteiger charge is -2.36. The van der Waals surface area contributed by atoms with Gasteiger partial charge in [-0.2, -0.15) is 0 Å². The van der Waals surface area contributed by atoms with Gasteiger partial charge in [0.15, 0.2) is 0 Å². The molecule has 0 radical (unpaired) electrons. The summed E-state index contributed by atoms with van der Waals surface area (Å²) in [4.78, 5) is 0. The van der Waals surface area contributed by atoms with Gasteiger partial charge in [-0.25, -0.2) is 0 Å². The molecule has 1 heteroatoms. The van der Waals surface area contributed by atoms with Crippen LogP contribution in [0.25, 0.3) is 0 Å². The van der Waals surface area contributed by atoms with Crippen molar-refractivity contribution in [2.45, 2.75) is 59.4 Å². The van der Waals surface area contributed by atoms with E-state index in [2.05, 4.69) is 45.3 Å². The summed E-state index contributed by atoms with van der Waals surface area (Å²) in [5, 5.41) is 3.44. The molecule has 0 heterocycles. The molecule has 1 atom stereocenters. The minimum Gasteiger partial charge on any atom is -0.311 e. The number of rotatable bonds is 2. The van der Waals surface area contributed by atoms with Crippen LogP contribution >= 0.6 is 0 Å². The lowest BCUT2D eigenvalue weighted by atomic mass is 9.78. The second-order valence-corrected chi connectivity index (χ2v) is 4.13. The van der Waals surface area contributed by atoms with Gasteiger partial charge < -0.3 is 5.32 Å². The molecule has 1 aliphatic carbocycles. The minimum atomic E-state index is 0.203. The Labute approximate surface area is 95.7 Å². The number of hydrogen-bond acceptors (Lipinski definition) is 1. The van der Waals surface area contributed by atoms with Crippen molar-refractivity contribution >= 4 is 0 Å². The topological polar surface area (TPSA) is 12.0 Å². The quantitative estimate of drug-likeness (QED) is 0.723. The van der Waals surface area contributed by atoms with E-state index in [9.17, 15) is 0 Å². The van der Waals surface area contributed by atoms with E-state index in [1.165, 1.54) is 24.8 Å². The number of hydrogen-bond donors (Lipinski definition) is 1. The number of allylic oxidation sites excluding steroid dienone is 2. The minimum absolute atomic E-state index is 0.203. The zero-order valence-electron chi connectivity index (χ0n) is 11.3. The Morgan fingerprint density at radius 2 is 1.93 bits per heavy atom. The third-order valence-corrected chi connectivity index (χ3v) is 3.17. The summed E-state index contributed by atoms with van der Waals surface area (Å²) in [5.74, 6) is 0. The van der Waals surface area contributed by atoms with E-state index < -0.39 is 0 Å². The highest BCUT2D eigenvalue weighted by atomic mass is 14.9. The van der Waals surface area contributed by atoms with Gasteiger partial charge in [0.2, 0.25) is 0 Å². The Kier molecular flexibility index (Phi) is 6.58. The van der Waals surface area contributed by atoms with Crippen molar-refractivity contribution in [3.63, 3.8) is 0 Å². The highest BCUT2D eigenvalue weighted by Crippen LogP contribution is 2.33. The van der Waals surface area contributed by atoms with Crippen molar-refractivity contribution < 1.29 is 0 Å². The lowest BCUT2D eigenvalue weighted by Crippen LogP contribution is -2.43. The van der Waals surface area contributed by atoms with Gasteiger partial charge in [-0.1, -0.05) is 31.6 Å². The first-order chi connectivity index (χ1) is 7.14. The molecule has 0 aliphatic heterocycles. The average molecular weight is 209 g/mol. The van der Waals surface area contributed by atoms with Gasteiger partial charge in [0.25, 0.3) is 0 Å². The summed E-state index contributed by atoms with van der Waals surface area (Å²) in [6.07, 6.45) is 8.21. The van der Waals surface area contributed by atoms with E-state index in [-0.39, 0.29) is 5.54 Å². The summed E-state index contributed by atoms with van der Waals surface area (Å²) in [6, 6.07) is 0. The molecule has 88 valence electrons. The number of nitrogens with one attached hydrogen (secondary N) is 1. The summed E-state index contributed by atoms with van der Waals surface area (Å²) in [6.45, 7) is 10.6. The average Bonchev–Trinajstić information content (AvgIpc) is 2.27. The van der Waals surface area contributed by atoms with Crippen LogP contribution in [-0.4, -0.2) is 12.6 Å². The first-order valence-electron chi connectivity index (χ1n) is 6.16. The maximum absolute atomic E-state index is 3.44. The van der Waals surface area contributed by atoms with E-state index >= 15 is 0 Å². The van der Waals surface area contributed by atoms with Crippen molar-refractivity contribution in [2.75, 3.05) is 7.05 Å². The van der Waals surface area contributed by atoms with Gasteiger partial charge >= 0.3 is 0 Å². The van der Waals surface area contributed by atoms with E-state index in [0.717, 1.165) is 0 Å². The molecule has 0 fully saturated rings. The standard InChI is InChI=1S/C12H21N.C2H6/c1-5-7-11-10(2)8-6-9-12(11,3)13-4;1-2/h5,7,13H,6,8-9H2,1-4H3;1-2H3/b7-5-;. The van der Waals surface area contributed by atoms with Crippen molar-refractivity contribution in [1.82, 2.24) is 5.32 Å². The molecular weight excluding hydrogens is 182 g/mol. The predicted molar refractivity (Wildman–Crippen MR) is 70.2 cm³/mol. The van der Waals surface area contributed by atoms with Crippen molar-refractivity contribution in [1.29, 1.82) is 0 Å². The molecule has 0 aromatic heterocycles. The van der Waals surface area contributed by atoms with Gasteiger partial charge in [0.05, 0.1) is 0 Å². The van der Waals surface area contributed by atoms with Crippen LogP contribution in [0.1, 0.15) is 53.9 Å². The Balaban J connectivity index is 0.000000921. The third kappa shape index (κ3) is 3.49. The molecule has 15 heavy (non-hydrogen) atoms. The molecule has 0 aromatic carbocycles. The van der Waals surface area contributed by atoms with Crippen LogP contribution in [0.15, 0.2) is 23.3 Å². The Morgan fingerprint density at radius 3 is 2.40 bits per heavy atom. The Hall–Kier alpha value is -0.560. The van der Waals surface area contributed by atoms with Crippen LogP contribution in [0.3, 0.4) is 0 Å². The smallest absolute Gasteiger partial charge is 0.0403 e. The van der Waals surface area contributed by atoms with Gasteiger partial charge in [-0.3, -0.25) is 0 Å². The summed E-state index contributed by atoms with van der Waals surface area (Å²) < 4.78 is 0. The van der Waals surface area contributed by atoms with E-state index in [1.807, 2.05) is 13.8 Å². The summed E-state index contributed by atoms with van der Waals surface area (Å²) in [5.41, 5.74) is 3.24. The van der Waals surface area contributed by atoms with Gasteiger partial charge in [0, 0.05) is 5.54 Å². The van der Waals surface area contributed by atoms with Crippen molar-refractivity contribution in [3.05, 3.63) is 23.3 Å². The fourth-order valence-corrected chi connectivity index (χ4v) is 2.20. The van der Waals surface area contributed by atoms with E-state index in [4.69, 9.17) is 0 Å². The second-order valence-electron chi connectivity index (χ2n) is 4.13. The molecule has 1 unspecified atom stereocenters. The van der Waals surface area contributed by atoms with Crippen LogP contribution in [0.2, 0.25) is 0 Å². The number of likely N-dealkylation sites (N-methyl/N-ethyl adjacent to an activating group) is 1. The second kappa shape index (κ2) is 6.84. The Morgan fingerprint density at radius 1 is 1.33 bits per heavy atom. The van der Waals surface area contributed by atoms with Crippen molar-refractivity contribution in [3.8, 4) is 0 Å². The molecule has 0 saturated carbocycles. The fourth-order valence-electron chi connectivity index (χ4n) is 2.20. The first-order valence-corrected chi connectivity index (χ1v) is 6.16. The van der Waals surface area contributed by atoms with E-state index in [0.29, 0.717) is 0 Å². The zero-order valence-corrected chi connectivity index (χ0v) is 11.3.